The largest absolute Gasteiger partial charge is 0.377 e. The van der Waals surface area contributed by atoms with E-state index in [1.54, 1.807) is 0 Å². The van der Waals surface area contributed by atoms with Gasteiger partial charge in [0.25, 0.3) is 0 Å². The number of nitrogens with two attached hydrogens (primary N) is 2. The van der Waals surface area contributed by atoms with Gasteiger partial charge in [-0.05, 0) is 12.2 Å². The third kappa shape index (κ3) is 57.3. The molecule has 0 spiro atoms. The molecule has 0 aliphatic carbocycles. The first-order valence-electron chi connectivity index (χ1n) is 0.781. The van der Waals surface area contributed by atoms with Crippen LogP contribution in [0.4, 0.5) is 0 Å². The van der Waals surface area contributed by atoms with Crippen molar-refractivity contribution in [3.63, 3.8) is 0 Å². The molecule has 0 amide bonds. The van der Waals surface area contributed by atoms with Gasteiger partial charge in [0.1, 0.15) is 0 Å². The number of rotatable bonds is 0. The molecule has 0 aliphatic rings. The van der Waals surface area contributed by atoms with Gasteiger partial charge < -0.3 is 11.5 Å². The maximum atomic E-state index is 4.62. The van der Waals surface area contributed by atoms with Crippen molar-refractivity contribution in [1.82, 2.24) is 0 Å². The van der Waals surface area contributed by atoms with E-state index in [4.69, 9.17) is 0 Å². The monoisotopic (exact) mass is 96.0 g/mol. The molecule has 0 saturated heterocycles. The fourth-order valence-corrected chi connectivity index (χ4v) is 0. The van der Waals surface area contributed by atoms with Gasteiger partial charge in [0.2, 0.25) is 0 Å². The van der Waals surface area contributed by atoms with E-state index < -0.39 is 0 Å². The maximum Gasteiger partial charge on any atom is 0.160 e. The van der Waals surface area contributed by atoms with Gasteiger partial charge in [-0.15, -0.1) is 0 Å². The van der Waals surface area contributed by atoms with Crippen molar-refractivity contribution in [3.05, 3.63) is 0 Å². The van der Waals surface area contributed by atoms with Gasteiger partial charge in [-0.25, -0.2) is 0 Å². The van der Waals surface area contributed by atoms with Gasteiger partial charge in [-0.3, -0.25) is 0 Å². The minimum atomic E-state index is 0. The Balaban J connectivity index is 0. The fourth-order valence-electron chi connectivity index (χ4n) is 0. The molecule has 0 aromatic heterocycles. The molecule has 0 rings (SSSR count). The minimum absolute atomic E-state index is 0. The van der Waals surface area contributed by atoms with Gasteiger partial charge in [0.15, 0.2) is 5.11 Å². The molecule has 0 unspecified atom stereocenters. The Hall–Kier alpha value is -0.401. The molecule has 0 heterocycles. The average molecular weight is 96.3 g/mol. The van der Waals surface area contributed by atoms with Crippen LogP contribution >= 0.6 is 12.2 Å². The SMILES string of the molecule is NC(N)=S.[Ne]. The van der Waals surface area contributed by atoms with Crippen LogP contribution < -0.4 is 11.5 Å². The molecule has 0 aromatic carbocycles. The maximum absolute atomic E-state index is 4.62. The summed E-state index contributed by atoms with van der Waals surface area (Å²) >= 11 is 4.09. The van der Waals surface area contributed by atoms with Crippen LogP contribution in [-0.4, -0.2) is 5.11 Å². The zero-order valence-electron chi connectivity index (χ0n) is 2.42. The summed E-state index contributed by atoms with van der Waals surface area (Å²) in [4.78, 5) is 0. The zero-order chi connectivity index (χ0) is 3.58. The van der Waals surface area contributed by atoms with Crippen molar-refractivity contribution in [1.29, 1.82) is 0 Å². The molecule has 32 valence electrons. The van der Waals surface area contributed by atoms with Crippen LogP contribution in [0.15, 0.2) is 0 Å². The smallest absolute Gasteiger partial charge is 0.160 e. The van der Waals surface area contributed by atoms with Crippen LogP contribution in [0.5, 0.6) is 0 Å². The molecule has 0 saturated carbocycles. The predicted octanol–water partition coefficient (Wildman–Crippen LogP) is -0.811. The molecule has 0 radical (unpaired) electrons. The van der Waals surface area contributed by atoms with E-state index in [1.807, 2.05) is 0 Å². The number of hydrogen-bond donors (Lipinski definition) is 2. The topological polar surface area (TPSA) is 52.0 Å². The van der Waals surface area contributed by atoms with E-state index >= 15 is 0 Å². The Kier molecular flexibility index (Phi) is 6.35. The summed E-state index contributed by atoms with van der Waals surface area (Å²) in [5.41, 5.74) is 9.24. The molecule has 0 fully saturated rings. The molecular formula is CH4N2NeS. The van der Waals surface area contributed by atoms with Gasteiger partial charge in [-0.2, -0.15) is 0 Å². The summed E-state index contributed by atoms with van der Waals surface area (Å²) < 4.78 is 0. The summed E-state index contributed by atoms with van der Waals surface area (Å²) in [7, 11) is 0. The van der Waals surface area contributed by atoms with Crippen molar-refractivity contribution < 1.29 is 6.15 Å². The van der Waals surface area contributed by atoms with Gasteiger partial charge in [0, 0.05) is 6.15 Å². The molecule has 0 atom stereocenters. The zero-order valence-corrected chi connectivity index (χ0v) is 3.23. The minimum Gasteiger partial charge on any atom is -0.377 e. The van der Waals surface area contributed by atoms with E-state index in [1.165, 1.54) is 0 Å². The quantitative estimate of drug-likeness (QED) is 0.388. The Bertz CT molecular complexity index is 32.6. The van der Waals surface area contributed by atoms with Crippen molar-refractivity contribution >= 4 is 17.3 Å². The first-order chi connectivity index (χ1) is 1.73. The average Bonchev–Trinajstić information content (AvgIpc) is 0.811. The second-order valence-electron chi connectivity index (χ2n) is 0.402. The third-order valence-corrected chi connectivity index (χ3v) is 0. The summed E-state index contributed by atoms with van der Waals surface area (Å²) in [6.07, 6.45) is 0. The molecule has 0 bridgehead atoms. The van der Waals surface area contributed by atoms with Crippen molar-refractivity contribution in [3.8, 4) is 0 Å². The Morgan fingerprint density at radius 3 is 1.40 bits per heavy atom. The predicted molar refractivity (Wildman–Crippen MR) is 21.0 cm³/mol. The van der Waals surface area contributed by atoms with Crippen LogP contribution in [-0.2, 0) is 0 Å². The number of thiocarbonyl (C=S) groups is 1. The summed E-state index contributed by atoms with van der Waals surface area (Å²) in [5, 5.41) is 0.000000000000000222. The van der Waals surface area contributed by atoms with E-state index in [9.17, 15) is 0 Å². The molecule has 4 heteroatoms. The Labute approximate surface area is 35.9 Å². The molecule has 0 aliphatic heterocycles. The van der Waals surface area contributed by atoms with Crippen molar-refractivity contribution in [2.75, 3.05) is 0 Å². The second kappa shape index (κ2) is 3.60. The molecule has 5 heavy (non-hydrogen) atoms. The van der Waals surface area contributed by atoms with Gasteiger partial charge in [-0.1, -0.05) is 0 Å². The van der Waals surface area contributed by atoms with Crippen LogP contribution in [0.1, 0.15) is 0 Å². The Morgan fingerprint density at radius 1 is 1.40 bits per heavy atom. The van der Waals surface area contributed by atoms with Crippen molar-refractivity contribution in [2.24, 2.45) is 11.5 Å². The first kappa shape index (κ1) is 8.82. The fraction of sp³-hybridized carbons (Fsp3) is 0. The van der Waals surface area contributed by atoms with E-state index in [0.29, 0.717) is 0 Å². The van der Waals surface area contributed by atoms with E-state index in [-0.39, 0.29) is 11.3 Å². The Morgan fingerprint density at radius 2 is 1.40 bits per heavy atom. The van der Waals surface area contributed by atoms with E-state index in [2.05, 4.69) is 23.7 Å². The van der Waals surface area contributed by atoms with Crippen LogP contribution in [0, 0.1) is 6.15 Å². The molecule has 2 nitrogen and oxygen atoms in total. The second-order valence-corrected chi connectivity index (χ2v) is 0.874. The summed E-state index contributed by atoms with van der Waals surface area (Å²) in [6, 6.07) is 0. The van der Waals surface area contributed by atoms with Gasteiger partial charge >= 0.3 is 0 Å². The summed E-state index contributed by atoms with van der Waals surface area (Å²) in [6.45, 7) is 0. The van der Waals surface area contributed by atoms with Crippen molar-refractivity contribution in [2.45, 2.75) is 0 Å². The summed E-state index contributed by atoms with van der Waals surface area (Å²) in [5.74, 6) is 0. The normalized spacial score (nSPS) is 4.80. The van der Waals surface area contributed by atoms with Crippen LogP contribution in [0.2, 0.25) is 0 Å². The first-order valence-corrected chi connectivity index (χ1v) is 1.19. The molecule has 4 N–H and O–H groups in total. The molecular weight excluding hydrogens is 92.3 g/mol. The van der Waals surface area contributed by atoms with E-state index in [0.717, 1.165) is 0 Å². The standard InChI is InChI=1S/CH4N2S.Ne/c2-1(3)4;/h(H4,2,3,4);. The van der Waals surface area contributed by atoms with Crippen LogP contribution in [0.25, 0.3) is 0 Å². The third-order valence-electron chi connectivity index (χ3n) is 0. The van der Waals surface area contributed by atoms with Crippen LogP contribution in [0.3, 0.4) is 0 Å². The number of hydrogen-bond acceptors (Lipinski definition) is 1. The van der Waals surface area contributed by atoms with Gasteiger partial charge in [0.05, 0.1) is 0 Å². The molecule has 0 aromatic rings.